The van der Waals surface area contributed by atoms with E-state index in [1.807, 2.05) is 25.2 Å². The van der Waals surface area contributed by atoms with E-state index in [0.717, 1.165) is 42.5 Å². The highest BCUT2D eigenvalue weighted by Gasteiger charge is 2.29. The van der Waals surface area contributed by atoms with Crippen LogP contribution < -0.4 is 14.8 Å². The van der Waals surface area contributed by atoms with Crippen LogP contribution in [0.4, 0.5) is 0 Å². The summed E-state index contributed by atoms with van der Waals surface area (Å²) < 4.78 is 11.2. The van der Waals surface area contributed by atoms with Gasteiger partial charge in [-0.15, -0.1) is 0 Å². The fourth-order valence-electron chi connectivity index (χ4n) is 3.60. The molecule has 1 aliphatic heterocycles. The molecule has 0 aromatic heterocycles. The number of methoxy groups -OCH3 is 1. The Morgan fingerprint density at radius 1 is 1.29 bits per heavy atom. The van der Waals surface area contributed by atoms with E-state index in [-0.39, 0.29) is 0 Å². The van der Waals surface area contributed by atoms with Gasteiger partial charge in [0.15, 0.2) is 0 Å². The largest absolute Gasteiger partial charge is 0.497 e. The number of halogens is 1. The summed E-state index contributed by atoms with van der Waals surface area (Å²) in [6, 6.07) is 14.4. The van der Waals surface area contributed by atoms with Crippen molar-refractivity contribution >= 4 is 11.6 Å². The second-order valence-electron chi connectivity index (χ2n) is 6.30. The quantitative estimate of drug-likeness (QED) is 0.847. The van der Waals surface area contributed by atoms with Crippen molar-refractivity contribution < 1.29 is 9.47 Å². The predicted octanol–water partition coefficient (Wildman–Crippen LogP) is 4.29. The predicted molar refractivity (Wildman–Crippen MR) is 98.4 cm³/mol. The molecular weight excluding hydrogens is 322 g/mol. The Labute approximate surface area is 148 Å². The van der Waals surface area contributed by atoms with Crippen LogP contribution in [0, 0.1) is 5.92 Å². The molecule has 2 unspecified atom stereocenters. The molecule has 2 aromatic rings. The van der Waals surface area contributed by atoms with Crippen LogP contribution in [-0.2, 0) is 6.42 Å². The lowest BCUT2D eigenvalue weighted by Crippen LogP contribution is -2.30. The molecule has 2 atom stereocenters. The molecule has 24 heavy (non-hydrogen) atoms. The van der Waals surface area contributed by atoms with Gasteiger partial charge in [0.05, 0.1) is 13.7 Å². The molecule has 0 aliphatic carbocycles. The van der Waals surface area contributed by atoms with Crippen LogP contribution in [0.5, 0.6) is 11.5 Å². The number of fused-ring (bicyclic) bond motifs is 1. The summed E-state index contributed by atoms with van der Waals surface area (Å²) in [7, 11) is 3.73. The SMILES string of the molecule is CNCC(Cc1cccc(OC)c1)C1CCOc2cc(Cl)ccc21. The highest BCUT2D eigenvalue weighted by molar-refractivity contribution is 6.30. The molecule has 0 saturated heterocycles. The van der Waals surface area contributed by atoms with Crippen LogP contribution in [0.15, 0.2) is 42.5 Å². The zero-order valence-corrected chi connectivity index (χ0v) is 15.0. The molecule has 3 nitrogen and oxygen atoms in total. The van der Waals surface area contributed by atoms with Gasteiger partial charge in [0.2, 0.25) is 0 Å². The van der Waals surface area contributed by atoms with Gasteiger partial charge in [0, 0.05) is 5.02 Å². The van der Waals surface area contributed by atoms with Crippen molar-refractivity contribution in [2.75, 3.05) is 27.3 Å². The topological polar surface area (TPSA) is 30.5 Å². The molecule has 2 aromatic carbocycles. The Hall–Kier alpha value is -1.71. The number of rotatable bonds is 6. The number of ether oxygens (including phenoxy) is 2. The number of nitrogens with one attached hydrogen (secondary N) is 1. The van der Waals surface area contributed by atoms with Crippen LogP contribution in [0.2, 0.25) is 5.02 Å². The molecule has 0 saturated carbocycles. The Kier molecular flexibility index (Phi) is 5.64. The fourth-order valence-corrected chi connectivity index (χ4v) is 3.76. The minimum absolute atomic E-state index is 0.463. The van der Waals surface area contributed by atoms with E-state index in [9.17, 15) is 0 Å². The average Bonchev–Trinajstić information content (AvgIpc) is 2.61. The molecule has 1 N–H and O–H groups in total. The molecule has 1 heterocycles. The molecular formula is C20H24ClNO2. The Balaban J connectivity index is 1.86. The smallest absolute Gasteiger partial charge is 0.124 e. The van der Waals surface area contributed by atoms with Gasteiger partial charge >= 0.3 is 0 Å². The second kappa shape index (κ2) is 7.91. The van der Waals surface area contributed by atoms with E-state index >= 15 is 0 Å². The van der Waals surface area contributed by atoms with E-state index < -0.39 is 0 Å². The average molecular weight is 346 g/mol. The van der Waals surface area contributed by atoms with Crippen molar-refractivity contribution in [1.29, 1.82) is 0 Å². The summed E-state index contributed by atoms with van der Waals surface area (Å²) in [4.78, 5) is 0. The van der Waals surface area contributed by atoms with Crippen LogP contribution in [-0.4, -0.2) is 27.3 Å². The molecule has 0 fully saturated rings. The van der Waals surface area contributed by atoms with Gasteiger partial charge in [-0.3, -0.25) is 0 Å². The number of benzene rings is 2. The standard InChI is InChI=1S/C20H24ClNO2/c1-22-13-15(10-14-4-3-5-17(11-14)23-2)18-8-9-24-20-12-16(21)6-7-19(18)20/h3-7,11-12,15,18,22H,8-10,13H2,1-2H3. The Bertz CT molecular complexity index is 689. The molecule has 1 aliphatic rings. The van der Waals surface area contributed by atoms with Crippen LogP contribution in [0.3, 0.4) is 0 Å². The second-order valence-corrected chi connectivity index (χ2v) is 6.74. The summed E-state index contributed by atoms with van der Waals surface area (Å²) in [6.45, 7) is 1.71. The lowest BCUT2D eigenvalue weighted by molar-refractivity contribution is 0.235. The van der Waals surface area contributed by atoms with Crippen molar-refractivity contribution in [2.45, 2.75) is 18.8 Å². The summed E-state index contributed by atoms with van der Waals surface area (Å²) in [5.41, 5.74) is 2.57. The highest BCUT2D eigenvalue weighted by Crippen LogP contribution is 2.40. The number of hydrogen-bond acceptors (Lipinski definition) is 3. The molecule has 0 amide bonds. The third kappa shape index (κ3) is 3.85. The van der Waals surface area contributed by atoms with E-state index in [1.54, 1.807) is 7.11 Å². The van der Waals surface area contributed by atoms with Gasteiger partial charge in [-0.1, -0.05) is 29.8 Å². The van der Waals surface area contributed by atoms with Crippen LogP contribution in [0.25, 0.3) is 0 Å². The maximum absolute atomic E-state index is 6.12. The van der Waals surface area contributed by atoms with E-state index in [1.165, 1.54) is 11.1 Å². The molecule has 0 spiro atoms. The van der Waals surface area contributed by atoms with Crippen LogP contribution in [0.1, 0.15) is 23.5 Å². The summed E-state index contributed by atoms with van der Waals surface area (Å²) in [5.74, 6) is 2.80. The first-order chi connectivity index (χ1) is 11.7. The zero-order chi connectivity index (χ0) is 16.9. The first-order valence-electron chi connectivity index (χ1n) is 8.41. The van der Waals surface area contributed by atoms with Gasteiger partial charge in [-0.05, 0) is 73.7 Å². The van der Waals surface area contributed by atoms with Crippen molar-refractivity contribution in [1.82, 2.24) is 5.32 Å². The van der Waals surface area contributed by atoms with E-state index in [4.69, 9.17) is 21.1 Å². The fraction of sp³-hybridized carbons (Fsp3) is 0.400. The minimum Gasteiger partial charge on any atom is -0.497 e. The zero-order valence-electron chi connectivity index (χ0n) is 14.2. The minimum atomic E-state index is 0.463. The van der Waals surface area contributed by atoms with Crippen molar-refractivity contribution in [3.8, 4) is 11.5 Å². The summed E-state index contributed by atoms with van der Waals surface area (Å²) in [6.07, 6.45) is 2.04. The van der Waals surface area contributed by atoms with E-state index in [2.05, 4.69) is 29.6 Å². The third-order valence-electron chi connectivity index (χ3n) is 4.73. The molecule has 0 bridgehead atoms. The van der Waals surface area contributed by atoms with Gasteiger partial charge in [-0.2, -0.15) is 0 Å². The van der Waals surface area contributed by atoms with Crippen molar-refractivity contribution in [3.05, 3.63) is 58.6 Å². The van der Waals surface area contributed by atoms with E-state index in [0.29, 0.717) is 11.8 Å². The maximum Gasteiger partial charge on any atom is 0.124 e. The van der Waals surface area contributed by atoms with Crippen LogP contribution >= 0.6 is 11.6 Å². The van der Waals surface area contributed by atoms with Gasteiger partial charge in [0.25, 0.3) is 0 Å². The van der Waals surface area contributed by atoms with Gasteiger partial charge in [-0.25, -0.2) is 0 Å². The lowest BCUT2D eigenvalue weighted by Gasteiger charge is -2.32. The Morgan fingerprint density at radius 3 is 2.96 bits per heavy atom. The third-order valence-corrected chi connectivity index (χ3v) is 4.96. The lowest BCUT2D eigenvalue weighted by atomic mass is 9.79. The molecule has 4 heteroatoms. The first-order valence-corrected chi connectivity index (χ1v) is 8.79. The van der Waals surface area contributed by atoms with Crippen molar-refractivity contribution in [3.63, 3.8) is 0 Å². The summed E-state index contributed by atoms with van der Waals surface area (Å²) >= 11 is 6.12. The first kappa shape index (κ1) is 17.1. The number of hydrogen-bond donors (Lipinski definition) is 1. The van der Waals surface area contributed by atoms with Gasteiger partial charge in [0.1, 0.15) is 11.5 Å². The monoisotopic (exact) mass is 345 g/mol. The summed E-state index contributed by atoms with van der Waals surface area (Å²) in [5, 5.41) is 4.09. The highest BCUT2D eigenvalue weighted by atomic mass is 35.5. The maximum atomic E-state index is 6.12. The molecule has 3 rings (SSSR count). The normalized spacial score (nSPS) is 17.7. The van der Waals surface area contributed by atoms with Gasteiger partial charge < -0.3 is 14.8 Å². The van der Waals surface area contributed by atoms with Crippen molar-refractivity contribution in [2.24, 2.45) is 5.92 Å². The Morgan fingerprint density at radius 2 is 2.17 bits per heavy atom. The molecule has 128 valence electrons. The molecule has 0 radical (unpaired) electrons.